The van der Waals surface area contributed by atoms with Gasteiger partial charge in [0.15, 0.2) is 0 Å². The van der Waals surface area contributed by atoms with Crippen LogP contribution in [0, 0.1) is 5.92 Å². The molecule has 3 rings (SSSR count). The monoisotopic (exact) mass is 246 g/mol. The van der Waals surface area contributed by atoms with Gasteiger partial charge in [0.2, 0.25) is 5.91 Å². The van der Waals surface area contributed by atoms with Crippen molar-refractivity contribution in [2.24, 2.45) is 11.7 Å². The third-order valence-electron chi connectivity index (χ3n) is 3.76. The van der Waals surface area contributed by atoms with Crippen molar-refractivity contribution in [2.45, 2.75) is 19.4 Å². The van der Waals surface area contributed by atoms with E-state index >= 15 is 0 Å². The minimum atomic E-state index is 0.224. The molecule has 2 N–H and O–H groups in total. The number of nitrogens with zero attached hydrogens (tertiary/aromatic N) is 1. The smallest absolute Gasteiger partial charge is 0.223 e. The van der Waals surface area contributed by atoms with Crippen molar-refractivity contribution in [3.05, 3.63) is 29.3 Å². The van der Waals surface area contributed by atoms with Gasteiger partial charge in [0.05, 0.1) is 6.61 Å². The Morgan fingerprint density at radius 2 is 2.33 bits per heavy atom. The molecule has 1 aromatic rings. The molecule has 0 radical (unpaired) electrons. The average Bonchev–Trinajstić information content (AvgIpc) is 2.96. The lowest BCUT2D eigenvalue weighted by atomic mass is 10.1. The van der Waals surface area contributed by atoms with Gasteiger partial charge in [-0.05, 0) is 29.7 Å². The van der Waals surface area contributed by atoms with Gasteiger partial charge in [-0.3, -0.25) is 4.79 Å². The second-order valence-corrected chi connectivity index (χ2v) is 5.12. The molecule has 1 unspecified atom stereocenters. The van der Waals surface area contributed by atoms with Crippen LogP contribution >= 0.6 is 0 Å². The van der Waals surface area contributed by atoms with Gasteiger partial charge >= 0.3 is 0 Å². The lowest BCUT2D eigenvalue weighted by molar-refractivity contribution is -0.128. The molecule has 1 fully saturated rings. The van der Waals surface area contributed by atoms with Crippen LogP contribution < -0.4 is 10.5 Å². The van der Waals surface area contributed by atoms with Gasteiger partial charge in [-0.2, -0.15) is 0 Å². The van der Waals surface area contributed by atoms with E-state index in [1.54, 1.807) is 0 Å². The zero-order chi connectivity index (χ0) is 12.5. The summed E-state index contributed by atoms with van der Waals surface area (Å²) in [6, 6.07) is 6.22. The maximum atomic E-state index is 11.8. The zero-order valence-corrected chi connectivity index (χ0v) is 10.4. The molecule has 0 aromatic heterocycles. The van der Waals surface area contributed by atoms with Gasteiger partial charge < -0.3 is 15.4 Å². The number of carbonyl (C=O) groups excluding carboxylic acids is 1. The van der Waals surface area contributed by atoms with Crippen LogP contribution in [0.2, 0.25) is 0 Å². The fourth-order valence-corrected chi connectivity index (χ4v) is 2.72. The van der Waals surface area contributed by atoms with Crippen LogP contribution in [0.15, 0.2) is 18.2 Å². The summed E-state index contributed by atoms with van der Waals surface area (Å²) in [7, 11) is 0. The summed E-state index contributed by atoms with van der Waals surface area (Å²) in [4.78, 5) is 13.7. The van der Waals surface area contributed by atoms with Gasteiger partial charge in [0.1, 0.15) is 5.75 Å². The van der Waals surface area contributed by atoms with E-state index in [1.807, 2.05) is 17.0 Å². The molecule has 4 nitrogen and oxygen atoms in total. The summed E-state index contributed by atoms with van der Waals surface area (Å²) in [5.74, 6) is 1.55. The maximum absolute atomic E-state index is 11.8. The summed E-state index contributed by atoms with van der Waals surface area (Å²) < 4.78 is 5.48. The SMILES string of the molecule is NCC1CC(=O)N(Cc2ccc3c(c2)CCO3)C1. The molecule has 1 amide bonds. The number of benzene rings is 1. The van der Waals surface area contributed by atoms with Crippen molar-refractivity contribution in [2.75, 3.05) is 19.7 Å². The number of hydrogen-bond acceptors (Lipinski definition) is 3. The largest absolute Gasteiger partial charge is 0.493 e. The van der Waals surface area contributed by atoms with E-state index in [0.29, 0.717) is 25.4 Å². The number of hydrogen-bond donors (Lipinski definition) is 1. The van der Waals surface area contributed by atoms with Crippen molar-refractivity contribution >= 4 is 5.91 Å². The van der Waals surface area contributed by atoms with Crippen molar-refractivity contribution in [3.63, 3.8) is 0 Å². The Bertz CT molecular complexity index is 473. The Morgan fingerprint density at radius 1 is 1.44 bits per heavy atom. The van der Waals surface area contributed by atoms with Crippen LogP contribution in [0.1, 0.15) is 17.5 Å². The molecule has 1 saturated heterocycles. The molecular formula is C14H18N2O2. The van der Waals surface area contributed by atoms with Crippen LogP contribution in [-0.4, -0.2) is 30.5 Å². The first-order chi connectivity index (χ1) is 8.76. The highest BCUT2D eigenvalue weighted by molar-refractivity contribution is 5.78. The topological polar surface area (TPSA) is 55.6 Å². The minimum absolute atomic E-state index is 0.224. The summed E-state index contributed by atoms with van der Waals surface area (Å²) in [6.07, 6.45) is 1.58. The first kappa shape index (κ1) is 11.5. The van der Waals surface area contributed by atoms with Gasteiger partial charge in [-0.1, -0.05) is 12.1 Å². The van der Waals surface area contributed by atoms with Crippen molar-refractivity contribution < 1.29 is 9.53 Å². The van der Waals surface area contributed by atoms with Crippen LogP contribution in [0.3, 0.4) is 0 Å². The van der Waals surface area contributed by atoms with E-state index in [9.17, 15) is 4.79 Å². The number of likely N-dealkylation sites (tertiary alicyclic amines) is 1. The van der Waals surface area contributed by atoms with Crippen molar-refractivity contribution in [1.29, 1.82) is 0 Å². The molecule has 0 spiro atoms. The highest BCUT2D eigenvalue weighted by atomic mass is 16.5. The highest BCUT2D eigenvalue weighted by Crippen LogP contribution is 2.27. The quantitative estimate of drug-likeness (QED) is 0.863. The van der Waals surface area contributed by atoms with Crippen LogP contribution in [0.5, 0.6) is 5.75 Å². The van der Waals surface area contributed by atoms with Gasteiger partial charge in [0, 0.05) is 25.9 Å². The number of nitrogens with two attached hydrogens (primary N) is 1. The number of rotatable bonds is 3. The Balaban J connectivity index is 1.71. The molecule has 0 aliphatic carbocycles. The lowest BCUT2D eigenvalue weighted by Gasteiger charge is -2.16. The predicted octanol–water partition coefficient (Wildman–Crippen LogP) is 0.929. The molecule has 2 aliphatic rings. The Kier molecular flexibility index (Phi) is 2.96. The number of amides is 1. The van der Waals surface area contributed by atoms with E-state index in [1.165, 1.54) is 11.1 Å². The van der Waals surface area contributed by atoms with Crippen molar-refractivity contribution in [3.8, 4) is 5.75 Å². The van der Waals surface area contributed by atoms with Crippen LogP contribution in [0.4, 0.5) is 0 Å². The van der Waals surface area contributed by atoms with Crippen molar-refractivity contribution in [1.82, 2.24) is 4.90 Å². The van der Waals surface area contributed by atoms with Crippen LogP contribution in [0.25, 0.3) is 0 Å². The van der Waals surface area contributed by atoms with E-state index in [0.717, 1.165) is 25.3 Å². The van der Waals surface area contributed by atoms with Gasteiger partial charge in [-0.15, -0.1) is 0 Å². The van der Waals surface area contributed by atoms with E-state index in [4.69, 9.17) is 10.5 Å². The first-order valence-corrected chi connectivity index (χ1v) is 6.48. The van der Waals surface area contributed by atoms with Crippen LogP contribution in [-0.2, 0) is 17.8 Å². The highest BCUT2D eigenvalue weighted by Gasteiger charge is 2.28. The molecule has 2 heterocycles. The van der Waals surface area contributed by atoms with E-state index in [2.05, 4.69) is 6.07 Å². The molecule has 1 aromatic carbocycles. The molecule has 0 bridgehead atoms. The molecule has 96 valence electrons. The summed E-state index contributed by atoms with van der Waals surface area (Å²) in [5, 5.41) is 0. The molecular weight excluding hydrogens is 228 g/mol. The second kappa shape index (κ2) is 4.61. The third-order valence-corrected chi connectivity index (χ3v) is 3.76. The lowest BCUT2D eigenvalue weighted by Crippen LogP contribution is -2.25. The third kappa shape index (κ3) is 2.08. The van der Waals surface area contributed by atoms with E-state index in [-0.39, 0.29) is 5.91 Å². The van der Waals surface area contributed by atoms with E-state index < -0.39 is 0 Å². The molecule has 18 heavy (non-hydrogen) atoms. The Morgan fingerprint density at radius 3 is 3.11 bits per heavy atom. The molecule has 2 aliphatic heterocycles. The number of carbonyl (C=O) groups is 1. The normalized spacial score (nSPS) is 22.2. The Labute approximate surface area is 107 Å². The zero-order valence-electron chi connectivity index (χ0n) is 10.4. The predicted molar refractivity (Wildman–Crippen MR) is 68.2 cm³/mol. The average molecular weight is 246 g/mol. The molecule has 1 atom stereocenters. The Hall–Kier alpha value is -1.55. The van der Waals surface area contributed by atoms with Gasteiger partial charge in [-0.25, -0.2) is 0 Å². The second-order valence-electron chi connectivity index (χ2n) is 5.12. The minimum Gasteiger partial charge on any atom is -0.493 e. The number of fused-ring (bicyclic) bond motifs is 1. The molecule has 0 saturated carbocycles. The number of ether oxygens (including phenoxy) is 1. The molecule has 4 heteroatoms. The first-order valence-electron chi connectivity index (χ1n) is 6.48. The fourth-order valence-electron chi connectivity index (χ4n) is 2.72. The summed E-state index contributed by atoms with van der Waals surface area (Å²) in [5.41, 5.74) is 8.07. The fraction of sp³-hybridized carbons (Fsp3) is 0.500. The summed E-state index contributed by atoms with van der Waals surface area (Å²) >= 11 is 0. The van der Waals surface area contributed by atoms with Gasteiger partial charge in [0.25, 0.3) is 0 Å². The summed E-state index contributed by atoms with van der Waals surface area (Å²) in [6.45, 7) is 2.86. The standard InChI is InChI=1S/C14H18N2O2/c15-7-11-6-14(17)16(9-11)8-10-1-2-13-12(5-10)3-4-18-13/h1-2,5,11H,3-4,6-9,15H2. The maximum Gasteiger partial charge on any atom is 0.223 e.